The number of benzene rings is 1. The van der Waals surface area contributed by atoms with E-state index in [4.69, 9.17) is 5.11 Å². The molecule has 100 valence electrons. The Morgan fingerprint density at radius 3 is 2.75 bits per heavy atom. The molecule has 0 saturated heterocycles. The molecule has 2 N–H and O–H groups in total. The molecule has 0 saturated carbocycles. The van der Waals surface area contributed by atoms with Crippen LogP contribution in [0.2, 0.25) is 0 Å². The molecule has 5 heteroatoms. The first-order chi connectivity index (χ1) is 9.72. The molecule has 0 spiro atoms. The van der Waals surface area contributed by atoms with Gasteiger partial charge in [-0.2, -0.15) is 0 Å². The highest BCUT2D eigenvalue weighted by Gasteiger charge is 2.08. The van der Waals surface area contributed by atoms with Gasteiger partial charge in [-0.05, 0) is 18.1 Å². The van der Waals surface area contributed by atoms with Gasteiger partial charge in [-0.1, -0.05) is 30.3 Å². The van der Waals surface area contributed by atoms with Crippen LogP contribution >= 0.6 is 0 Å². The van der Waals surface area contributed by atoms with Crippen molar-refractivity contribution in [1.29, 1.82) is 0 Å². The summed E-state index contributed by atoms with van der Waals surface area (Å²) in [6, 6.07) is 11.7. The number of nitrogens with one attached hydrogen (secondary N) is 1. The van der Waals surface area contributed by atoms with E-state index in [1.165, 1.54) is 11.8 Å². The van der Waals surface area contributed by atoms with E-state index in [-0.39, 0.29) is 5.56 Å². The van der Waals surface area contributed by atoms with Gasteiger partial charge in [-0.3, -0.25) is 0 Å². The average molecular weight is 267 g/mol. The van der Waals surface area contributed by atoms with E-state index in [1.807, 2.05) is 18.2 Å². The van der Waals surface area contributed by atoms with E-state index >= 15 is 0 Å². The molecule has 0 amide bonds. The standard InChI is InChI=1S/C15H13N3O2/c19-15(20)11-8-12-14(16-9-11)18-13(17-12)7-6-10-4-2-1-3-5-10/h1-5,8-9H,6-7H2,(H,19,20)(H,16,17,18). The fourth-order valence-electron chi connectivity index (χ4n) is 2.09. The van der Waals surface area contributed by atoms with Crippen LogP contribution in [0.25, 0.3) is 11.2 Å². The number of hydrogen-bond acceptors (Lipinski definition) is 3. The highest BCUT2D eigenvalue weighted by molar-refractivity contribution is 5.90. The van der Waals surface area contributed by atoms with Gasteiger partial charge in [0.15, 0.2) is 5.65 Å². The lowest BCUT2D eigenvalue weighted by atomic mass is 10.1. The molecule has 0 radical (unpaired) electrons. The number of fused-ring (bicyclic) bond motifs is 1. The molecule has 20 heavy (non-hydrogen) atoms. The van der Waals surface area contributed by atoms with E-state index in [0.29, 0.717) is 11.2 Å². The number of hydrogen-bond donors (Lipinski definition) is 2. The minimum atomic E-state index is -0.986. The quantitative estimate of drug-likeness (QED) is 0.761. The van der Waals surface area contributed by atoms with Crippen molar-refractivity contribution < 1.29 is 9.90 Å². The number of aromatic amines is 1. The summed E-state index contributed by atoms with van der Waals surface area (Å²) in [5.74, 6) is -0.168. The van der Waals surface area contributed by atoms with Crippen LogP contribution in [0.4, 0.5) is 0 Å². The molecule has 3 aromatic rings. The third-order valence-corrected chi connectivity index (χ3v) is 3.13. The van der Waals surface area contributed by atoms with E-state index in [2.05, 4.69) is 27.1 Å². The molecule has 0 aliphatic carbocycles. The van der Waals surface area contributed by atoms with Gasteiger partial charge in [0, 0.05) is 12.6 Å². The third kappa shape index (κ3) is 2.51. The van der Waals surface area contributed by atoms with Gasteiger partial charge < -0.3 is 10.1 Å². The number of pyridine rings is 1. The average Bonchev–Trinajstić information content (AvgIpc) is 2.88. The van der Waals surface area contributed by atoms with Crippen molar-refractivity contribution in [3.05, 3.63) is 59.5 Å². The molecule has 0 fully saturated rings. The largest absolute Gasteiger partial charge is 0.478 e. The first-order valence-corrected chi connectivity index (χ1v) is 6.34. The highest BCUT2D eigenvalue weighted by atomic mass is 16.4. The summed E-state index contributed by atoms with van der Waals surface area (Å²) in [6.07, 6.45) is 2.97. The zero-order valence-corrected chi connectivity index (χ0v) is 10.7. The normalized spacial score (nSPS) is 10.8. The summed E-state index contributed by atoms with van der Waals surface area (Å²) in [5, 5.41) is 8.93. The molecule has 2 heterocycles. The van der Waals surface area contributed by atoms with Crippen LogP contribution in [0.5, 0.6) is 0 Å². The zero-order chi connectivity index (χ0) is 13.9. The molecule has 0 aliphatic rings. The van der Waals surface area contributed by atoms with Gasteiger partial charge >= 0.3 is 5.97 Å². The number of aromatic carboxylic acids is 1. The van der Waals surface area contributed by atoms with Gasteiger partial charge in [0.2, 0.25) is 0 Å². The van der Waals surface area contributed by atoms with Gasteiger partial charge in [0.05, 0.1) is 11.1 Å². The summed E-state index contributed by atoms with van der Waals surface area (Å²) in [4.78, 5) is 22.4. The Labute approximate surface area is 115 Å². The maximum atomic E-state index is 10.9. The van der Waals surface area contributed by atoms with Crippen molar-refractivity contribution >= 4 is 17.1 Å². The van der Waals surface area contributed by atoms with Crippen LogP contribution in [0, 0.1) is 0 Å². The third-order valence-electron chi connectivity index (χ3n) is 3.13. The van der Waals surface area contributed by atoms with Crippen molar-refractivity contribution in [1.82, 2.24) is 15.0 Å². The monoisotopic (exact) mass is 267 g/mol. The van der Waals surface area contributed by atoms with E-state index in [9.17, 15) is 4.79 Å². The van der Waals surface area contributed by atoms with Crippen LogP contribution < -0.4 is 0 Å². The maximum absolute atomic E-state index is 10.9. The second kappa shape index (κ2) is 5.13. The second-order valence-corrected chi connectivity index (χ2v) is 4.57. The molecule has 2 aromatic heterocycles. The Morgan fingerprint density at radius 2 is 2.00 bits per heavy atom. The predicted molar refractivity (Wildman–Crippen MR) is 74.7 cm³/mol. The molecule has 0 bridgehead atoms. The van der Waals surface area contributed by atoms with Gasteiger partial charge in [0.1, 0.15) is 5.82 Å². The van der Waals surface area contributed by atoms with E-state index in [1.54, 1.807) is 6.07 Å². The summed E-state index contributed by atoms with van der Waals surface area (Å²) < 4.78 is 0. The molecule has 5 nitrogen and oxygen atoms in total. The Bertz CT molecular complexity index is 750. The number of imidazole rings is 1. The number of aryl methyl sites for hydroxylation is 2. The number of rotatable bonds is 4. The van der Waals surface area contributed by atoms with Gasteiger partial charge in [-0.15, -0.1) is 0 Å². The lowest BCUT2D eigenvalue weighted by Gasteiger charge is -1.97. The Kier molecular flexibility index (Phi) is 3.16. The summed E-state index contributed by atoms with van der Waals surface area (Å²) in [6.45, 7) is 0. The smallest absolute Gasteiger partial charge is 0.337 e. The zero-order valence-electron chi connectivity index (χ0n) is 10.7. The first-order valence-electron chi connectivity index (χ1n) is 6.34. The fraction of sp³-hybridized carbons (Fsp3) is 0.133. The number of carbonyl (C=O) groups is 1. The van der Waals surface area contributed by atoms with Gasteiger partial charge in [-0.25, -0.2) is 14.8 Å². The Balaban J connectivity index is 1.80. The van der Waals surface area contributed by atoms with Crippen LogP contribution in [0.15, 0.2) is 42.6 Å². The fourth-order valence-corrected chi connectivity index (χ4v) is 2.09. The van der Waals surface area contributed by atoms with Crippen LogP contribution in [-0.4, -0.2) is 26.0 Å². The lowest BCUT2D eigenvalue weighted by Crippen LogP contribution is -1.96. The summed E-state index contributed by atoms with van der Waals surface area (Å²) in [7, 11) is 0. The summed E-state index contributed by atoms with van der Waals surface area (Å²) >= 11 is 0. The number of nitrogens with zero attached hydrogens (tertiary/aromatic N) is 2. The molecule has 0 unspecified atom stereocenters. The SMILES string of the molecule is O=C(O)c1cnc2nc(CCc3ccccc3)[nH]c2c1. The highest BCUT2D eigenvalue weighted by Crippen LogP contribution is 2.12. The number of aromatic nitrogens is 3. The number of carboxylic acid groups (broad SMARTS) is 1. The van der Waals surface area contributed by atoms with Crippen molar-refractivity contribution in [2.24, 2.45) is 0 Å². The van der Waals surface area contributed by atoms with Crippen LogP contribution in [0.1, 0.15) is 21.7 Å². The van der Waals surface area contributed by atoms with Gasteiger partial charge in [0.25, 0.3) is 0 Å². The van der Waals surface area contributed by atoms with E-state index < -0.39 is 5.97 Å². The minimum Gasteiger partial charge on any atom is -0.478 e. The Morgan fingerprint density at radius 1 is 1.20 bits per heavy atom. The molecule has 0 atom stereocenters. The van der Waals surface area contributed by atoms with Crippen molar-refractivity contribution in [3.63, 3.8) is 0 Å². The first kappa shape index (κ1) is 12.3. The van der Waals surface area contributed by atoms with Crippen molar-refractivity contribution in [2.45, 2.75) is 12.8 Å². The second-order valence-electron chi connectivity index (χ2n) is 4.57. The van der Waals surface area contributed by atoms with Crippen molar-refractivity contribution in [2.75, 3.05) is 0 Å². The van der Waals surface area contributed by atoms with Crippen LogP contribution in [-0.2, 0) is 12.8 Å². The Hall–Kier alpha value is -2.69. The van der Waals surface area contributed by atoms with E-state index in [0.717, 1.165) is 18.7 Å². The van der Waals surface area contributed by atoms with Crippen molar-refractivity contribution in [3.8, 4) is 0 Å². The molecule has 1 aromatic carbocycles. The maximum Gasteiger partial charge on any atom is 0.337 e. The molecule has 0 aliphatic heterocycles. The predicted octanol–water partition coefficient (Wildman–Crippen LogP) is 2.44. The molecular weight excluding hydrogens is 254 g/mol. The summed E-state index contributed by atoms with van der Waals surface area (Å²) in [5.41, 5.74) is 2.62. The molecule has 3 rings (SSSR count). The minimum absolute atomic E-state index is 0.163. The topological polar surface area (TPSA) is 78.9 Å². The number of H-pyrrole nitrogens is 1. The lowest BCUT2D eigenvalue weighted by molar-refractivity contribution is 0.0696. The molecular formula is C15H13N3O2. The van der Waals surface area contributed by atoms with Crippen LogP contribution in [0.3, 0.4) is 0 Å². The number of carboxylic acids is 1.